The molecule has 7 nitrogen and oxygen atoms in total. The molecule has 3 aromatic rings. The predicted octanol–water partition coefficient (Wildman–Crippen LogP) is 6.38. The number of hydrogen-bond acceptors (Lipinski definition) is 6. The first-order chi connectivity index (χ1) is 15.8. The zero-order chi connectivity index (χ0) is 24.1. The zero-order valence-corrected chi connectivity index (χ0v) is 23.0. The van der Waals surface area contributed by atoms with Gasteiger partial charge in [-0.05, 0) is 69.5 Å². The van der Waals surface area contributed by atoms with E-state index in [1.165, 1.54) is 4.68 Å². The zero-order valence-electron chi connectivity index (χ0n) is 18.2. The molecule has 0 amide bonds. The van der Waals surface area contributed by atoms with E-state index in [1.54, 1.807) is 18.3 Å². The Hall–Kier alpha value is -2.22. The molecule has 33 heavy (non-hydrogen) atoms. The van der Waals surface area contributed by atoms with E-state index in [1.807, 2.05) is 39.0 Å². The van der Waals surface area contributed by atoms with Gasteiger partial charge in [-0.2, -0.15) is 15.0 Å². The first kappa shape index (κ1) is 25.4. The minimum absolute atomic E-state index is 0.0267. The number of aromatic nitrogens is 2. The van der Waals surface area contributed by atoms with Gasteiger partial charge in [-0.1, -0.05) is 29.8 Å². The van der Waals surface area contributed by atoms with Crippen molar-refractivity contribution in [1.82, 2.24) is 9.66 Å². The molecule has 0 N–H and O–H groups in total. The molecular formula is C23H21Br3N4O3. The Morgan fingerprint density at radius 3 is 2.64 bits per heavy atom. The maximum atomic E-state index is 13.3. The molecule has 0 radical (unpaired) electrons. The number of nitriles is 1. The van der Waals surface area contributed by atoms with Crippen molar-refractivity contribution in [3.63, 3.8) is 0 Å². The Morgan fingerprint density at radius 2 is 1.97 bits per heavy atom. The molecule has 2 aromatic carbocycles. The molecule has 0 aliphatic heterocycles. The van der Waals surface area contributed by atoms with E-state index < -0.39 is 0 Å². The summed E-state index contributed by atoms with van der Waals surface area (Å²) < 4.78 is 14.6. The lowest BCUT2D eigenvalue weighted by atomic mass is 10.1. The van der Waals surface area contributed by atoms with E-state index >= 15 is 0 Å². The molecule has 0 aliphatic rings. The van der Waals surface area contributed by atoms with Crippen LogP contribution in [0.25, 0.3) is 10.9 Å². The Morgan fingerprint density at radius 1 is 1.21 bits per heavy atom. The van der Waals surface area contributed by atoms with E-state index in [4.69, 9.17) is 19.7 Å². The fourth-order valence-electron chi connectivity index (χ4n) is 3.10. The van der Waals surface area contributed by atoms with Crippen molar-refractivity contribution in [3.05, 3.63) is 59.4 Å². The monoisotopic (exact) mass is 638 g/mol. The Labute approximate surface area is 216 Å². The normalized spacial score (nSPS) is 12.2. The molecule has 1 aromatic heterocycles. The SMILES string of the molecule is CCOc1cc(C=Nn2c([C@@H](C)CC)nc3ccc(Br)cc3c2=O)c(Br)c(Br)c1OCC#N. The molecule has 172 valence electrons. The largest absolute Gasteiger partial charge is 0.490 e. The lowest BCUT2D eigenvalue weighted by Crippen LogP contribution is -2.23. The second kappa shape index (κ2) is 11.3. The van der Waals surface area contributed by atoms with Gasteiger partial charge < -0.3 is 9.47 Å². The number of rotatable bonds is 8. The highest BCUT2D eigenvalue weighted by molar-refractivity contribution is 9.13. The van der Waals surface area contributed by atoms with Crippen LogP contribution < -0.4 is 15.0 Å². The van der Waals surface area contributed by atoms with Crippen LogP contribution in [0.4, 0.5) is 0 Å². The van der Waals surface area contributed by atoms with Gasteiger partial charge in [-0.15, -0.1) is 0 Å². The Bertz CT molecular complexity index is 1320. The third-order valence-corrected chi connectivity index (χ3v) is 7.57. The van der Waals surface area contributed by atoms with Crippen molar-refractivity contribution in [2.45, 2.75) is 33.1 Å². The molecule has 0 saturated carbocycles. The highest BCUT2D eigenvalue weighted by atomic mass is 79.9. The van der Waals surface area contributed by atoms with Crippen LogP contribution in [-0.2, 0) is 0 Å². The Balaban J connectivity index is 2.18. The smallest absolute Gasteiger partial charge is 0.282 e. The van der Waals surface area contributed by atoms with Crippen LogP contribution >= 0.6 is 47.8 Å². The van der Waals surface area contributed by atoms with Crippen LogP contribution in [0.5, 0.6) is 11.5 Å². The second-order valence-corrected chi connectivity index (χ2v) is 9.60. The van der Waals surface area contributed by atoms with Crippen LogP contribution in [0.1, 0.15) is 44.5 Å². The minimum atomic E-state index is -0.248. The molecule has 0 fully saturated rings. The van der Waals surface area contributed by atoms with Gasteiger partial charge in [0.1, 0.15) is 11.9 Å². The van der Waals surface area contributed by atoms with Crippen LogP contribution in [0.15, 0.2) is 47.6 Å². The summed E-state index contributed by atoms with van der Waals surface area (Å²) in [5.74, 6) is 1.48. The standard InChI is InChI=1S/C23H21Br3N4O3/c1-4-13(3)22-29-17-7-6-15(24)11-16(17)23(31)30(22)28-12-14-10-18(32-5-2)21(33-9-8-27)20(26)19(14)25/h6-7,10-13H,4-5,9H2,1-3H3/t13-/m0/s1. The number of fused-ring (bicyclic) bond motifs is 1. The van der Waals surface area contributed by atoms with Gasteiger partial charge in [0, 0.05) is 20.4 Å². The molecule has 10 heteroatoms. The van der Waals surface area contributed by atoms with Crippen molar-refractivity contribution < 1.29 is 9.47 Å². The van der Waals surface area contributed by atoms with Crippen LogP contribution in [0.2, 0.25) is 0 Å². The third kappa shape index (κ3) is 5.48. The van der Waals surface area contributed by atoms with E-state index in [-0.39, 0.29) is 18.1 Å². The fraction of sp³-hybridized carbons (Fsp3) is 0.304. The van der Waals surface area contributed by atoms with E-state index in [0.29, 0.717) is 49.3 Å². The fourth-order valence-corrected chi connectivity index (χ4v) is 4.40. The maximum Gasteiger partial charge on any atom is 0.282 e. The van der Waals surface area contributed by atoms with E-state index in [0.717, 1.165) is 10.9 Å². The lowest BCUT2D eigenvalue weighted by Gasteiger charge is -2.16. The molecule has 0 bridgehead atoms. The molecule has 1 atom stereocenters. The van der Waals surface area contributed by atoms with Gasteiger partial charge in [0.25, 0.3) is 5.56 Å². The van der Waals surface area contributed by atoms with Gasteiger partial charge in [0.15, 0.2) is 18.1 Å². The number of hydrogen-bond donors (Lipinski definition) is 0. The van der Waals surface area contributed by atoms with Gasteiger partial charge in [-0.25, -0.2) is 4.98 Å². The topological polar surface area (TPSA) is 89.5 Å². The van der Waals surface area contributed by atoms with Crippen molar-refractivity contribution in [1.29, 1.82) is 5.26 Å². The van der Waals surface area contributed by atoms with Crippen LogP contribution in [0.3, 0.4) is 0 Å². The summed E-state index contributed by atoms with van der Waals surface area (Å²) in [6, 6.07) is 9.13. The minimum Gasteiger partial charge on any atom is -0.490 e. The summed E-state index contributed by atoms with van der Waals surface area (Å²) in [4.78, 5) is 18.1. The highest BCUT2D eigenvalue weighted by Crippen LogP contribution is 2.42. The molecule has 0 spiro atoms. The lowest BCUT2D eigenvalue weighted by molar-refractivity contribution is 0.297. The summed E-state index contributed by atoms with van der Waals surface area (Å²) >= 11 is 10.5. The average Bonchev–Trinajstić information content (AvgIpc) is 2.81. The van der Waals surface area contributed by atoms with Gasteiger partial charge in [0.2, 0.25) is 0 Å². The molecular weight excluding hydrogens is 620 g/mol. The number of nitrogens with zero attached hydrogens (tertiary/aromatic N) is 4. The number of ether oxygens (including phenoxy) is 2. The van der Waals surface area contributed by atoms with E-state index in [2.05, 4.69) is 52.9 Å². The number of benzene rings is 2. The second-order valence-electron chi connectivity index (χ2n) is 7.10. The molecule has 1 heterocycles. The van der Waals surface area contributed by atoms with E-state index in [9.17, 15) is 4.79 Å². The van der Waals surface area contributed by atoms with Gasteiger partial charge in [-0.3, -0.25) is 4.79 Å². The average molecular weight is 641 g/mol. The maximum absolute atomic E-state index is 13.3. The summed E-state index contributed by atoms with van der Waals surface area (Å²) in [6.07, 6.45) is 2.38. The van der Waals surface area contributed by atoms with Crippen molar-refractivity contribution >= 4 is 64.9 Å². The third-order valence-electron chi connectivity index (χ3n) is 4.94. The molecule has 0 aliphatic carbocycles. The van der Waals surface area contributed by atoms with Crippen molar-refractivity contribution in [2.24, 2.45) is 5.10 Å². The first-order valence-corrected chi connectivity index (χ1v) is 12.6. The molecule has 0 unspecified atom stereocenters. The Kier molecular flexibility index (Phi) is 8.68. The summed E-state index contributed by atoms with van der Waals surface area (Å²) in [6.45, 7) is 6.20. The first-order valence-electron chi connectivity index (χ1n) is 10.2. The molecule has 0 saturated heterocycles. The van der Waals surface area contributed by atoms with Crippen LogP contribution in [0, 0.1) is 11.3 Å². The van der Waals surface area contributed by atoms with Gasteiger partial charge in [0.05, 0.1) is 28.2 Å². The summed E-state index contributed by atoms with van der Waals surface area (Å²) in [5.41, 5.74) is 1.04. The highest BCUT2D eigenvalue weighted by Gasteiger charge is 2.18. The van der Waals surface area contributed by atoms with Crippen LogP contribution in [-0.4, -0.2) is 29.1 Å². The molecule has 3 rings (SSSR count). The quantitative estimate of drug-likeness (QED) is 0.267. The summed E-state index contributed by atoms with van der Waals surface area (Å²) in [7, 11) is 0. The number of halogens is 3. The van der Waals surface area contributed by atoms with Crippen molar-refractivity contribution in [3.8, 4) is 17.6 Å². The van der Waals surface area contributed by atoms with Crippen molar-refractivity contribution in [2.75, 3.05) is 13.2 Å². The summed E-state index contributed by atoms with van der Waals surface area (Å²) in [5, 5.41) is 13.9. The van der Waals surface area contributed by atoms with Gasteiger partial charge >= 0.3 is 0 Å². The predicted molar refractivity (Wildman–Crippen MR) is 140 cm³/mol.